The summed E-state index contributed by atoms with van der Waals surface area (Å²) < 4.78 is 26.9. The summed E-state index contributed by atoms with van der Waals surface area (Å²) in [5.41, 5.74) is 2.13. The number of phenols is 1. The van der Waals surface area contributed by atoms with Gasteiger partial charge in [0, 0.05) is 31.7 Å². The average molecular weight is 465 g/mol. The lowest BCUT2D eigenvalue weighted by molar-refractivity contribution is -0.142. The van der Waals surface area contributed by atoms with Crippen LogP contribution in [-0.4, -0.2) is 56.2 Å². The van der Waals surface area contributed by atoms with E-state index in [2.05, 4.69) is 0 Å². The van der Waals surface area contributed by atoms with Crippen LogP contribution in [0.3, 0.4) is 0 Å². The Morgan fingerprint density at radius 3 is 2.55 bits per heavy atom. The van der Waals surface area contributed by atoms with Gasteiger partial charge in [-0.2, -0.15) is 0 Å². The summed E-state index contributed by atoms with van der Waals surface area (Å²) in [7, 11) is -1.94. The Hall–Kier alpha value is -2.29. The van der Waals surface area contributed by atoms with Crippen molar-refractivity contribution in [2.45, 2.75) is 24.0 Å². The molecule has 2 aromatic carbocycles. The monoisotopic (exact) mass is 464 g/mol. The van der Waals surface area contributed by atoms with Crippen LogP contribution in [-0.2, 0) is 26.0 Å². The van der Waals surface area contributed by atoms with E-state index in [4.69, 9.17) is 11.6 Å². The summed E-state index contributed by atoms with van der Waals surface area (Å²) in [6.07, 6.45) is 1.01. The maximum Gasteiger partial charge on any atom is 0.308 e. The number of anilines is 1. The number of piperidine rings is 1. The molecule has 1 unspecified atom stereocenters. The van der Waals surface area contributed by atoms with Crippen LogP contribution in [0.25, 0.3) is 0 Å². The van der Waals surface area contributed by atoms with Gasteiger partial charge < -0.3 is 15.1 Å². The molecule has 2 aliphatic rings. The minimum atomic E-state index is -3.53. The normalized spacial score (nSPS) is 20.5. The first-order chi connectivity index (χ1) is 14.7. The number of sulfonamides is 1. The number of benzene rings is 2. The summed E-state index contributed by atoms with van der Waals surface area (Å²) in [5.74, 6) is -1.63. The number of para-hydroxylation sites is 1. The molecule has 0 aromatic heterocycles. The molecule has 9 heteroatoms. The van der Waals surface area contributed by atoms with Crippen molar-refractivity contribution in [2.75, 3.05) is 31.0 Å². The van der Waals surface area contributed by atoms with Crippen molar-refractivity contribution in [3.05, 3.63) is 58.6 Å². The van der Waals surface area contributed by atoms with Crippen molar-refractivity contribution in [3.8, 4) is 5.75 Å². The number of fused-ring (bicyclic) bond motifs is 2. The Labute approximate surface area is 186 Å². The Morgan fingerprint density at radius 2 is 1.87 bits per heavy atom. The fraction of sp³-hybridized carbons (Fsp3) is 0.409. The molecule has 2 aliphatic heterocycles. The van der Waals surface area contributed by atoms with Crippen molar-refractivity contribution in [1.29, 1.82) is 0 Å². The topological polar surface area (TPSA) is 98.2 Å². The number of carboxylic acids is 1. The summed E-state index contributed by atoms with van der Waals surface area (Å²) >= 11 is 6.17. The molecule has 1 fully saturated rings. The fourth-order valence-corrected chi connectivity index (χ4v) is 7.10. The summed E-state index contributed by atoms with van der Waals surface area (Å²) in [6, 6.07) is 11.9. The van der Waals surface area contributed by atoms with Gasteiger partial charge in [0.25, 0.3) is 0 Å². The second-order valence-electron chi connectivity index (χ2n) is 8.30. The summed E-state index contributed by atoms with van der Waals surface area (Å²) in [4.78, 5) is 13.9. The summed E-state index contributed by atoms with van der Waals surface area (Å²) in [5, 5.41) is 19.9. The molecule has 1 atom stereocenters. The molecule has 1 saturated heterocycles. The van der Waals surface area contributed by atoms with Gasteiger partial charge >= 0.3 is 5.97 Å². The zero-order chi connectivity index (χ0) is 22.4. The molecule has 0 aliphatic carbocycles. The molecule has 2 heterocycles. The second-order valence-corrected chi connectivity index (χ2v) is 11.0. The number of halogens is 1. The highest BCUT2D eigenvalue weighted by Gasteiger charge is 2.55. The van der Waals surface area contributed by atoms with Gasteiger partial charge in [-0.3, -0.25) is 9.10 Å². The highest BCUT2D eigenvalue weighted by molar-refractivity contribution is 7.94. The number of hydrogen-bond donors (Lipinski definition) is 2. The van der Waals surface area contributed by atoms with Crippen LogP contribution in [0.1, 0.15) is 24.0 Å². The van der Waals surface area contributed by atoms with Gasteiger partial charge in [-0.25, -0.2) is 8.42 Å². The first-order valence-corrected chi connectivity index (χ1v) is 12.0. The molecule has 7 nitrogen and oxygen atoms in total. The Morgan fingerprint density at radius 1 is 1.19 bits per heavy atom. The second kappa shape index (κ2) is 8.00. The van der Waals surface area contributed by atoms with Gasteiger partial charge in [0.15, 0.2) is 0 Å². The van der Waals surface area contributed by atoms with Crippen LogP contribution in [0.5, 0.6) is 5.75 Å². The Kier molecular flexibility index (Phi) is 5.66. The van der Waals surface area contributed by atoms with E-state index in [0.717, 1.165) is 11.3 Å². The number of nitrogens with zero attached hydrogens (tertiary/aromatic N) is 2. The number of hydrogen-bond acceptors (Lipinski definition) is 5. The molecule has 4 rings (SSSR count). The number of rotatable bonds is 5. The maximum atomic E-state index is 13.2. The van der Waals surface area contributed by atoms with Gasteiger partial charge in [-0.15, -0.1) is 0 Å². The van der Waals surface area contributed by atoms with Crippen LogP contribution >= 0.6 is 11.6 Å². The third-order valence-electron chi connectivity index (χ3n) is 6.58. The third kappa shape index (κ3) is 3.66. The van der Waals surface area contributed by atoms with Gasteiger partial charge in [-0.05, 0) is 54.7 Å². The SMILES string of the molecule is CN1c2ccccc2C2(CCN(CC(Cc3cc(O)ccc3Cl)C(=O)O)CC2)S1(=O)=O. The van der Waals surface area contributed by atoms with Crippen LogP contribution < -0.4 is 4.31 Å². The van der Waals surface area contributed by atoms with Crippen LogP contribution in [0.15, 0.2) is 42.5 Å². The van der Waals surface area contributed by atoms with Crippen molar-refractivity contribution in [1.82, 2.24) is 4.90 Å². The van der Waals surface area contributed by atoms with Gasteiger partial charge in [0.1, 0.15) is 10.5 Å². The Bertz CT molecular complexity index is 1110. The van der Waals surface area contributed by atoms with Crippen LogP contribution in [0, 0.1) is 5.92 Å². The number of aromatic hydroxyl groups is 1. The molecular formula is C22H25ClN2O5S. The van der Waals surface area contributed by atoms with Crippen molar-refractivity contribution < 1.29 is 23.4 Å². The Balaban J connectivity index is 1.51. The lowest BCUT2D eigenvalue weighted by atomic mass is 9.86. The van der Waals surface area contributed by atoms with E-state index in [0.29, 0.717) is 36.5 Å². The van der Waals surface area contributed by atoms with E-state index in [9.17, 15) is 23.4 Å². The van der Waals surface area contributed by atoms with E-state index in [-0.39, 0.29) is 18.7 Å². The lowest BCUT2D eigenvalue weighted by Crippen LogP contribution is -2.49. The van der Waals surface area contributed by atoms with E-state index in [1.165, 1.54) is 16.4 Å². The number of likely N-dealkylation sites (tertiary alicyclic amines) is 1. The quantitative estimate of drug-likeness (QED) is 0.705. The molecule has 2 N–H and O–H groups in total. The van der Waals surface area contributed by atoms with Gasteiger partial charge in [0.2, 0.25) is 10.0 Å². The predicted molar refractivity (Wildman–Crippen MR) is 119 cm³/mol. The number of aliphatic carboxylic acids is 1. The zero-order valence-electron chi connectivity index (χ0n) is 17.2. The van der Waals surface area contributed by atoms with Crippen LogP contribution in [0.4, 0.5) is 5.69 Å². The van der Waals surface area contributed by atoms with E-state index < -0.39 is 26.7 Å². The maximum absolute atomic E-state index is 13.2. The molecule has 1 spiro atoms. The van der Waals surface area contributed by atoms with E-state index >= 15 is 0 Å². The molecule has 0 saturated carbocycles. The van der Waals surface area contributed by atoms with Crippen LogP contribution in [0.2, 0.25) is 5.02 Å². The molecule has 166 valence electrons. The highest BCUT2D eigenvalue weighted by atomic mass is 35.5. The number of phenolic OH excluding ortho intramolecular Hbond substituents is 1. The lowest BCUT2D eigenvalue weighted by Gasteiger charge is -2.39. The highest BCUT2D eigenvalue weighted by Crippen LogP contribution is 2.51. The minimum Gasteiger partial charge on any atom is -0.508 e. The molecule has 2 aromatic rings. The minimum absolute atomic E-state index is 0.0395. The molecule has 0 radical (unpaired) electrons. The number of carbonyl (C=O) groups is 1. The van der Waals surface area contributed by atoms with Gasteiger partial charge in [0.05, 0.1) is 11.6 Å². The van der Waals surface area contributed by atoms with Crippen molar-refractivity contribution in [2.24, 2.45) is 5.92 Å². The standard InChI is InChI=1S/C22H25ClN2O5S/c1-24-20-5-3-2-4-18(20)22(31(24,29)30)8-10-25(11-9-22)14-16(21(27)28)12-15-13-17(26)6-7-19(15)23/h2-7,13,16,26H,8-12,14H2,1H3,(H,27,28). The fourth-order valence-electron chi connectivity index (χ4n) is 4.81. The predicted octanol–water partition coefficient (Wildman–Crippen LogP) is 3.06. The first-order valence-electron chi connectivity index (χ1n) is 10.2. The van der Waals surface area contributed by atoms with E-state index in [1.807, 2.05) is 29.2 Å². The van der Waals surface area contributed by atoms with Crippen molar-refractivity contribution >= 4 is 33.3 Å². The average Bonchev–Trinajstić information content (AvgIpc) is 2.90. The number of carboxylic acid groups (broad SMARTS) is 1. The molecule has 0 bridgehead atoms. The summed E-state index contributed by atoms with van der Waals surface area (Å²) in [6.45, 7) is 1.26. The molecular weight excluding hydrogens is 440 g/mol. The smallest absolute Gasteiger partial charge is 0.308 e. The molecule has 31 heavy (non-hydrogen) atoms. The van der Waals surface area contributed by atoms with E-state index in [1.54, 1.807) is 13.1 Å². The van der Waals surface area contributed by atoms with Gasteiger partial charge in [-0.1, -0.05) is 29.8 Å². The largest absolute Gasteiger partial charge is 0.508 e. The third-order valence-corrected chi connectivity index (χ3v) is 9.48. The zero-order valence-corrected chi connectivity index (χ0v) is 18.7. The van der Waals surface area contributed by atoms with Crippen molar-refractivity contribution in [3.63, 3.8) is 0 Å². The molecule has 0 amide bonds. The first kappa shape index (κ1) is 21.9.